The van der Waals surface area contributed by atoms with Gasteiger partial charge in [0, 0.05) is 6.42 Å². The molecular formula is C15H15F3N4O2S2. The lowest BCUT2D eigenvalue weighted by atomic mass is 10.1. The fraction of sp³-hybridized carbons (Fsp3) is 0.333. The Morgan fingerprint density at radius 1 is 1.15 bits per heavy atom. The van der Waals surface area contributed by atoms with Gasteiger partial charge in [0.1, 0.15) is 0 Å². The smallest absolute Gasteiger partial charge is 0.325 e. The molecule has 2 aromatic rings. The third-order valence-corrected chi connectivity index (χ3v) is 4.94. The van der Waals surface area contributed by atoms with Crippen molar-refractivity contribution in [2.24, 2.45) is 0 Å². The highest BCUT2D eigenvalue weighted by molar-refractivity contribution is 8.01. The third-order valence-electron chi connectivity index (χ3n) is 2.96. The van der Waals surface area contributed by atoms with Crippen LogP contribution in [0.5, 0.6) is 0 Å². The highest BCUT2D eigenvalue weighted by atomic mass is 32.2. The minimum Gasteiger partial charge on any atom is -0.325 e. The van der Waals surface area contributed by atoms with Crippen LogP contribution in [-0.2, 0) is 15.8 Å². The van der Waals surface area contributed by atoms with Crippen molar-refractivity contribution in [1.82, 2.24) is 10.2 Å². The molecule has 2 N–H and O–H groups in total. The zero-order valence-corrected chi connectivity index (χ0v) is 15.2. The zero-order valence-electron chi connectivity index (χ0n) is 13.6. The van der Waals surface area contributed by atoms with Gasteiger partial charge in [-0.05, 0) is 18.6 Å². The molecule has 6 nitrogen and oxygen atoms in total. The predicted molar refractivity (Wildman–Crippen MR) is 94.2 cm³/mol. The fourth-order valence-electron chi connectivity index (χ4n) is 1.88. The summed E-state index contributed by atoms with van der Waals surface area (Å²) in [5.41, 5.74) is -1.20. The Morgan fingerprint density at radius 3 is 2.58 bits per heavy atom. The minimum absolute atomic E-state index is 0.135. The highest BCUT2D eigenvalue weighted by Gasteiger charge is 2.33. The first-order valence-electron chi connectivity index (χ1n) is 7.52. The van der Waals surface area contributed by atoms with Gasteiger partial charge in [-0.1, -0.05) is 42.2 Å². The van der Waals surface area contributed by atoms with Crippen molar-refractivity contribution < 1.29 is 22.8 Å². The number of thioether (sulfide) groups is 1. The van der Waals surface area contributed by atoms with Crippen LogP contribution in [0.15, 0.2) is 28.6 Å². The van der Waals surface area contributed by atoms with E-state index in [0.717, 1.165) is 29.2 Å². The van der Waals surface area contributed by atoms with Crippen LogP contribution < -0.4 is 10.6 Å². The van der Waals surface area contributed by atoms with Gasteiger partial charge in [0.15, 0.2) is 4.34 Å². The first-order valence-corrected chi connectivity index (χ1v) is 9.32. The summed E-state index contributed by atoms with van der Waals surface area (Å²) in [5.74, 6) is -0.913. The van der Waals surface area contributed by atoms with E-state index >= 15 is 0 Å². The molecule has 1 aromatic carbocycles. The first kappa shape index (κ1) is 20.2. The van der Waals surface area contributed by atoms with E-state index in [1.165, 1.54) is 18.2 Å². The number of hydrogen-bond acceptors (Lipinski definition) is 6. The van der Waals surface area contributed by atoms with Crippen molar-refractivity contribution in [1.29, 1.82) is 0 Å². The van der Waals surface area contributed by atoms with Crippen LogP contribution in [0.2, 0.25) is 0 Å². The fourth-order valence-corrected chi connectivity index (χ4v) is 3.45. The van der Waals surface area contributed by atoms with Crippen LogP contribution >= 0.6 is 23.1 Å². The summed E-state index contributed by atoms with van der Waals surface area (Å²) in [6.07, 6.45) is -3.49. The van der Waals surface area contributed by atoms with Crippen LogP contribution in [0.3, 0.4) is 0 Å². The Hall–Kier alpha value is -2.14. The summed E-state index contributed by atoms with van der Waals surface area (Å²) in [4.78, 5) is 23.4. The van der Waals surface area contributed by atoms with E-state index in [2.05, 4.69) is 20.8 Å². The second-order valence-corrected chi connectivity index (χ2v) is 7.25. The molecule has 0 fully saturated rings. The molecule has 0 spiro atoms. The largest absolute Gasteiger partial charge is 0.418 e. The van der Waals surface area contributed by atoms with Crippen LogP contribution in [0.4, 0.5) is 24.0 Å². The molecular weight excluding hydrogens is 389 g/mol. The number of aromatic nitrogens is 2. The number of benzene rings is 1. The molecule has 26 heavy (non-hydrogen) atoms. The number of halogens is 3. The van der Waals surface area contributed by atoms with Crippen LogP contribution in [0.25, 0.3) is 0 Å². The molecule has 0 bridgehead atoms. The molecule has 0 unspecified atom stereocenters. The molecule has 2 rings (SSSR count). The predicted octanol–water partition coefficient (Wildman–Crippen LogP) is 4.03. The van der Waals surface area contributed by atoms with Crippen molar-refractivity contribution >= 4 is 45.7 Å². The maximum Gasteiger partial charge on any atom is 0.418 e. The number of anilines is 2. The maximum absolute atomic E-state index is 12.9. The lowest BCUT2D eigenvalue weighted by molar-refractivity contribution is -0.137. The maximum atomic E-state index is 12.9. The van der Waals surface area contributed by atoms with Crippen molar-refractivity contribution in [3.63, 3.8) is 0 Å². The molecule has 0 aliphatic heterocycles. The molecule has 0 radical (unpaired) electrons. The SMILES string of the molecule is CCCC(=O)Nc1nnc(SCC(=O)Nc2ccccc2C(F)(F)F)s1. The Morgan fingerprint density at radius 2 is 1.88 bits per heavy atom. The minimum atomic E-state index is -4.55. The lowest BCUT2D eigenvalue weighted by Gasteiger charge is -2.13. The summed E-state index contributed by atoms with van der Waals surface area (Å²) >= 11 is 2.11. The second kappa shape index (κ2) is 8.99. The van der Waals surface area contributed by atoms with E-state index in [9.17, 15) is 22.8 Å². The summed E-state index contributed by atoms with van der Waals surface area (Å²) in [7, 11) is 0. The molecule has 0 saturated heterocycles. The van der Waals surface area contributed by atoms with Gasteiger partial charge in [-0.2, -0.15) is 13.2 Å². The molecule has 0 aliphatic carbocycles. The first-order chi connectivity index (χ1) is 12.3. The molecule has 11 heteroatoms. The number of alkyl halides is 3. The summed E-state index contributed by atoms with van der Waals surface area (Å²) in [5, 5.41) is 12.7. The van der Waals surface area contributed by atoms with Gasteiger partial charge in [-0.25, -0.2) is 0 Å². The van der Waals surface area contributed by atoms with Crippen LogP contribution in [0.1, 0.15) is 25.3 Å². The van der Waals surface area contributed by atoms with Crippen molar-refractivity contribution in [2.75, 3.05) is 16.4 Å². The molecule has 0 saturated carbocycles. The molecule has 0 aliphatic rings. The summed E-state index contributed by atoms with van der Waals surface area (Å²) in [6, 6.07) is 4.76. The second-order valence-electron chi connectivity index (χ2n) is 5.05. The van der Waals surface area contributed by atoms with E-state index in [-0.39, 0.29) is 17.3 Å². The number of hydrogen-bond donors (Lipinski definition) is 2. The van der Waals surface area contributed by atoms with Gasteiger partial charge in [0.2, 0.25) is 16.9 Å². The van der Waals surface area contributed by atoms with E-state index < -0.39 is 17.6 Å². The number of nitrogens with one attached hydrogen (secondary N) is 2. The van der Waals surface area contributed by atoms with Crippen molar-refractivity contribution in [3.05, 3.63) is 29.8 Å². The van der Waals surface area contributed by atoms with Gasteiger partial charge >= 0.3 is 6.18 Å². The number of rotatable bonds is 7. The number of nitrogens with zero attached hydrogens (tertiary/aromatic N) is 2. The van der Waals surface area contributed by atoms with E-state index in [0.29, 0.717) is 22.3 Å². The number of carbonyl (C=O) groups is 2. The van der Waals surface area contributed by atoms with E-state index in [1.807, 2.05) is 6.92 Å². The zero-order chi connectivity index (χ0) is 19.2. The summed E-state index contributed by atoms with van der Waals surface area (Å²) < 4.78 is 39.1. The number of carbonyl (C=O) groups excluding carboxylic acids is 2. The Balaban J connectivity index is 1.90. The molecule has 0 atom stereocenters. The van der Waals surface area contributed by atoms with Gasteiger partial charge in [0.25, 0.3) is 0 Å². The van der Waals surface area contributed by atoms with E-state index in [1.54, 1.807) is 0 Å². The van der Waals surface area contributed by atoms with Crippen LogP contribution in [-0.4, -0.2) is 27.8 Å². The molecule has 2 amide bonds. The van der Waals surface area contributed by atoms with Gasteiger partial charge < -0.3 is 10.6 Å². The number of para-hydroxylation sites is 1. The average molecular weight is 404 g/mol. The molecule has 1 heterocycles. The third kappa shape index (κ3) is 5.99. The Kier molecular flexibility index (Phi) is 6.98. The van der Waals surface area contributed by atoms with Crippen LogP contribution in [0, 0.1) is 0 Å². The average Bonchev–Trinajstić information content (AvgIpc) is 3.00. The van der Waals surface area contributed by atoms with Crippen molar-refractivity contribution in [2.45, 2.75) is 30.3 Å². The quantitative estimate of drug-likeness (QED) is 0.538. The van der Waals surface area contributed by atoms with Gasteiger partial charge in [0.05, 0.1) is 17.0 Å². The van der Waals surface area contributed by atoms with Gasteiger partial charge in [-0.15, -0.1) is 10.2 Å². The standard InChI is InChI=1S/C15H15F3N4O2S2/c1-2-5-11(23)20-13-21-22-14(26-13)25-8-12(24)19-10-7-4-3-6-9(10)15(16,17)18/h3-4,6-7H,2,5,8H2,1H3,(H,19,24)(H,20,21,23). The highest BCUT2D eigenvalue weighted by Crippen LogP contribution is 2.34. The molecule has 140 valence electrons. The van der Waals surface area contributed by atoms with E-state index in [4.69, 9.17) is 0 Å². The monoisotopic (exact) mass is 404 g/mol. The normalized spacial score (nSPS) is 11.2. The number of amides is 2. The lowest BCUT2D eigenvalue weighted by Crippen LogP contribution is -2.18. The Labute approximate surface area is 155 Å². The summed E-state index contributed by atoms with van der Waals surface area (Å²) in [6.45, 7) is 1.87. The molecule has 1 aromatic heterocycles. The van der Waals surface area contributed by atoms with Gasteiger partial charge in [-0.3, -0.25) is 9.59 Å². The topological polar surface area (TPSA) is 84.0 Å². The van der Waals surface area contributed by atoms with Crippen molar-refractivity contribution in [3.8, 4) is 0 Å². The Bertz CT molecular complexity index is 780.